The molecule has 0 saturated heterocycles. The van der Waals surface area contributed by atoms with Crippen LogP contribution in [-0.4, -0.2) is 12.6 Å². The van der Waals surface area contributed by atoms with Crippen molar-refractivity contribution in [1.29, 1.82) is 0 Å². The van der Waals surface area contributed by atoms with Crippen LogP contribution in [0.15, 0.2) is 10.6 Å². The van der Waals surface area contributed by atoms with Gasteiger partial charge in [0, 0.05) is 23.2 Å². The summed E-state index contributed by atoms with van der Waals surface area (Å²) in [6.07, 6.45) is 6.59. The number of hydrogen-bond acceptors (Lipinski definition) is 1. The second-order valence-electron chi connectivity index (χ2n) is 4.25. The third-order valence-electron chi connectivity index (χ3n) is 2.94. The molecule has 0 aromatic rings. The molecule has 0 heterocycles. The summed E-state index contributed by atoms with van der Waals surface area (Å²) in [6.45, 7) is 3.05. The molecule has 0 radical (unpaired) electrons. The van der Waals surface area contributed by atoms with Crippen LogP contribution in [0.25, 0.3) is 0 Å². The quantitative estimate of drug-likeness (QED) is 0.733. The maximum atomic E-state index is 5.82. The molecule has 1 rings (SSSR count). The Morgan fingerprint density at radius 2 is 2.14 bits per heavy atom. The fourth-order valence-electron chi connectivity index (χ4n) is 1.97. The van der Waals surface area contributed by atoms with Crippen molar-refractivity contribution in [3.8, 4) is 0 Å². The number of nitrogens with one attached hydrogen (secondary N) is 1. The van der Waals surface area contributed by atoms with Crippen molar-refractivity contribution in [3.63, 3.8) is 0 Å². The molecule has 2 unspecified atom stereocenters. The molecule has 82 valence electrons. The smallest absolute Gasteiger partial charge is 0.0431 e. The van der Waals surface area contributed by atoms with Crippen LogP contribution >= 0.6 is 23.2 Å². The van der Waals surface area contributed by atoms with Crippen LogP contribution in [0.1, 0.15) is 39.0 Å². The Labute approximate surface area is 96.8 Å². The van der Waals surface area contributed by atoms with Crippen LogP contribution in [-0.2, 0) is 0 Å². The van der Waals surface area contributed by atoms with Gasteiger partial charge in [-0.2, -0.15) is 0 Å². The third kappa shape index (κ3) is 4.68. The highest BCUT2D eigenvalue weighted by Crippen LogP contribution is 2.22. The molecule has 1 aliphatic carbocycles. The largest absolute Gasteiger partial charge is 0.309 e. The molecule has 0 amide bonds. The van der Waals surface area contributed by atoms with Crippen molar-refractivity contribution in [2.45, 2.75) is 45.1 Å². The van der Waals surface area contributed by atoms with E-state index < -0.39 is 0 Å². The Bertz CT molecular complexity index is 192. The average molecular weight is 236 g/mol. The van der Waals surface area contributed by atoms with E-state index in [0.717, 1.165) is 5.92 Å². The Hall–Kier alpha value is 0.280. The van der Waals surface area contributed by atoms with Gasteiger partial charge >= 0.3 is 0 Å². The lowest BCUT2D eigenvalue weighted by Gasteiger charge is -2.15. The summed E-state index contributed by atoms with van der Waals surface area (Å²) in [5.74, 6) is 0.890. The van der Waals surface area contributed by atoms with Crippen molar-refractivity contribution in [2.24, 2.45) is 5.92 Å². The van der Waals surface area contributed by atoms with Gasteiger partial charge in [0.25, 0.3) is 0 Å². The van der Waals surface area contributed by atoms with E-state index >= 15 is 0 Å². The lowest BCUT2D eigenvalue weighted by Crippen LogP contribution is -2.29. The molecule has 0 aromatic carbocycles. The van der Waals surface area contributed by atoms with Crippen LogP contribution in [0.2, 0.25) is 0 Å². The summed E-state index contributed by atoms with van der Waals surface area (Å²) in [5.41, 5.74) is 1.44. The fourth-order valence-corrected chi connectivity index (χ4v) is 2.13. The van der Waals surface area contributed by atoms with Crippen LogP contribution in [0.4, 0.5) is 0 Å². The molecule has 2 atom stereocenters. The lowest BCUT2D eigenvalue weighted by atomic mass is 10.0. The van der Waals surface area contributed by atoms with Crippen LogP contribution in [0, 0.1) is 5.92 Å². The van der Waals surface area contributed by atoms with Gasteiger partial charge in [0.1, 0.15) is 0 Å². The Balaban J connectivity index is 2.24. The lowest BCUT2D eigenvalue weighted by molar-refractivity contribution is 0.463. The number of rotatable bonds is 3. The molecule has 0 aromatic heterocycles. The molecule has 1 aliphatic rings. The summed E-state index contributed by atoms with van der Waals surface area (Å²) < 4.78 is 0. The van der Waals surface area contributed by atoms with E-state index in [9.17, 15) is 0 Å². The third-order valence-corrected chi connectivity index (χ3v) is 3.55. The molecular formula is C11H19Cl2N. The molecular weight excluding hydrogens is 217 g/mol. The topological polar surface area (TPSA) is 12.0 Å². The van der Waals surface area contributed by atoms with Crippen LogP contribution in [0.5, 0.6) is 0 Å². The van der Waals surface area contributed by atoms with Gasteiger partial charge in [0.15, 0.2) is 0 Å². The maximum Gasteiger partial charge on any atom is 0.0431 e. The van der Waals surface area contributed by atoms with Crippen molar-refractivity contribution in [1.82, 2.24) is 5.32 Å². The fraction of sp³-hybridized carbons (Fsp3) is 0.818. The first-order valence-corrected chi connectivity index (χ1v) is 6.22. The second-order valence-corrected chi connectivity index (χ2v) is 4.95. The van der Waals surface area contributed by atoms with E-state index in [1.807, 2.05) is 0 Å². The monoisotopic (exact) mass is 235 g/mol. The van der Waals surface area contributed by atoms with Gasteiger partial charge in [-0.15, -0.1) is 0 Å². The van der Waals surface area contributed by atoms with E-state index in [1.54, 1.807) is 0 Å². The SMILES string of the molecule is CC1CCCC(NCC(Cl)=CCl)CC1. The van der Waals surface area contributed by atoms with Crippen molar-refractivity contribution in [2.75, 3.05) is 6.54 Å². The summed E-state index contributed by atoms with van der Waals surface area (Å²) in [6, 6.07) is 0.630. The highest BCUT2D eigenvalue weighted by Gasteiger charge is 2.15. The van der Waals surface area contributed by atoms with Gasteiger partial charge in [-0.05, 0) is 25.2 Å². The zero-order valence-electron chi connectivity index (χ0n) is 8.73. The first-order valence-electron chi connectivity index (χ1n) is 5.40. The second kappa shape index (κ2) is 6.71. The number of hydrogen-bond donors (Lipinski definition) is 1. The molecule has 0 spiro atoms. The first-order chi connectivity index (χ1) is 6.72. The highest BCUT2D eigenvalue weighted by atomic mass is 35.5. The minimum Gasteiger partial charge on any atom is -0.309 e. The van der Waals surface area contributed by atoms with Gasteiger partial charge < -0.3 is 5.32 Å². The summed E-state index contributed by atoms with van der Waals surface area (Å²) in [4.78, 5) is 0. The summed E-state index contributed by atoms with van der Waals surface area (Å²) >= 11 is 11.3. The number of halogens is 2. The van der Waals surface area contributed by atoms with Gasteiger partial charge in [0.2, 0.25) is 0 Å². The van der Waals surface area contributed by atoms with E-state index in [2.05, 4.69) is 12.2 Å². The van der Waals surface area contributed by atoms with E-state index in [1.165, 1.54) is 37.6 Å². The van der Waals surface area contributed by atoms with Crippen molar-refractivity contribution >= 4 is 23.2 Å². The zero-order chi connectivity index (χ0) is 10.4. The zero-order valence-corrected chi connectivity index (χ0v) is 10.2. The van der Waals surface area contributed by atoms with Crippen molar-refractivity contribution < 1.29 is 0 Å². The standard InChI is InChI=1S/C11H19Cl2N/c1-9-3-2-4-11(6-5-9)14-8-10(13)7-12/h7,9,11,14H,2-6,8H2,1H3. The molecule has 3 heteroatoms. The molecule has 1 saturated carbocycles. The predicted molar refractivity (Wildman–Crippen MR) is 63.8 cm³/mol. The van der Waals surface area contributed by atoms with Gasteiger partial charge in [-0.25, -0.2) is 0 Å². The Kier molecular flexibility index (Phi) is 5.92. The van der Waals surface area contributed by atoms with Gasteiger partial charge in [-0.1, -0.05) is 43.0 Å². The summed E-state index contributed by atoms with van der Waals surface area (Å²) in [7, 11) is 0. The normalized spacial score (nSPS) is 30.1. The Morgan fingerprint density at radius 1 is 1.36 bits per heavy atom. The van der Waals surface area contributed by atoms with E-state index in [-0.39, 0.29) is 0 Å². The molecule has 1 fully saturated rings. The molecule has 1 nitrogen and oxygen atoms in total. The summed E-state index contributed by atoms with van der Waals surface area (Å²) in [5, 5.41) is 4.15. The minimum absolute atomic E-state index is 0.630. The predicted octanol–water partition coefficient (Wildman–Crippen LogP) is 3.86. The van der Waals surface area contributed by atoms with E-state index in [4.69, 9.17) is 23.2 Å². The maximum absolute atomic E-state index is 5.82. The van der Waals surface area contributed by atoms with Gasteiger partial charge in [-0.3, -0.25) is 0 Å². The van der Waals surface area contributed by atoms with E-state index in [0.29, 0.717) is 17.6 Å². The molecule has 0 aliphatic heterocycles. The van der Waals surface area contributed by atoms with Crippen molar-refractivity contribution in [3.05, 3.63) is 10.6 Å². The van der Waals surface area contributed by atoms with Crippen LogP contribution in [0.3, 0.4) is 0 Å². The molecule has 0 bridgehead atoms. The molecule has 1 N–H and O–H groups in total. The Morgan fingerprint density at radius 3 is 2.86 bits per heavy atom. The molecule has 14 heavy (non-hydrogen) atoms. The first kappa shape index (κ1) is 12.4. The van der Waals surface area contributed by atoms with Gasteiger partial charge in [0.05, 0.1) is 0 Å². The minimum atomic E-state index is 0.630. The van der Waals surface area contributed by atoms with Crippen LogP contribution < -0.4 is 5.32 Å². The highest BCUT2D eigenvalue weighted by molar-refractivity contribution is 6.36. The average Bonchev–Trinajstić information content (AvgIpc) is 2.39.